The van der Waals surface area contributed by atoms with Crippen molar-refractivity contribution in [2.75, 3.05) is 30.8 Å². The molecule has 0 aliphatic carbocycles. The van der Waals surface area contributed by atoms with Crippen molar-refractivity contribution in [1.29, 1.82) is 0 Å². The molecule has 1 aromatic heterocycles. The molecule has 2 heterocycles. The average molecular weight is 356 g/mol. The molecule has 6 nitrogen and oxygen atoms in total. The molecule has 1 aliphatic rings. The summed E-state index contributed by atoms with van der Waals surface area (Å²) >= 11 is 0. The summed E-state index contributed by atoms with van der Waals surface area (Å²) in [4.78, 5) is 10.2. The fourth-order valence-corrected chi connectivity index (χ4v) is 3.52. The molecule has 0 bridgehead atoms. The summed E-state index contributed by atoms with van der Waals surface area (Å²) in [6.45, 7) is 1.66. The summed E-state index contributed by atoms with van der Waals surface area (Å²) in [5.74, 6) is -1.21. The Hall–Kier alpha value is -1.87. The number of nitrogens with zero attached hydrogens (tertiary/aromatic N) is 3. The number of benzene rings is 1. The molecular weight excluding hydrogens is 338 g/mol. The van der Waals surface area contributed by atoms with Crippen LogP contribution in [0.15, 0.2) is 18.5 Å². The molecule has 1 N–H and O–H groups in total. The molecule has 1 aromatic carbocycles. The number of fused-ring (bicyclic) bond motifs is 1. The summed E-state index contributed by atoms with van der Waals surface area (Å²) in [6, 6.07) is 2.17. The van der Waals surface area contributed by atoms with Crippen LogP contribution in [0.25, 0.3) is 10.9 Å². The standard InChI is InChI=1S/C15H18F2N4O2S/c1-24(22,23)20-7-10-3-2-4-21(8-10)15-11-5-12(16)13(17)6-14(11)18-9-19-15/h5-6,9-10,20H,2-4,7-8H2,1H3. The fraction of sp³-hybridized carbons (Fsp3) is 0.467. The summed E-state index contributed by atoms with van der Waals surface area (Å²) in [6.07, 6.45) is 4.21. The molecule has 0 saturated carbocycles. The van der Waals surface area contributed by atoms with Crippen molar-refractivity contribution in [3.05, 3.63) is 30.1 Å². The van der Waals surface area contributed by atoms with E-state index in [1.165, 1.54) is 6.33 Å². The molecule has 2 aromatic rings. The lowest BCUT2D eigenvalue weighted by Gasteiger charge is -2.34. The van der Waals surface area contributed by atoms with E-state index in [0.29, 0.717) is 29.8 Å². The lowest BCUT2D eigenvalue weighted by molar-refractivity contribution is 0.410. The molecule has 130 valence electrons. The van der Waals surface area contributed by atoms with E-state index < -0.39 is 21.7 Å². The fourth-order valence-electron chi connectivity index (χ4n) is 2.98. The number of piperidine rings is 1. The van der Waals surface area contributed by atoms with Crippen molar-refractivity contribution in [2.45, 2.75) is 12.8 Å². The highest BCUT2D eigenvalue weighted by molar-refractivity contribution is 7.88. The van der Waals surface area contributed by atoms with Gasteiger partial charge in [0, 0.05) is 31.1 Å². The monoisotopic (exact) mass is 356 g/mol. The van der Waals surface area contributed by atoms with Gasteiger partial charge in [0.1, 0.15) is 12.1 Å². The summed E-state index contributed by atoms with van der Waals surface area (Å²) in [5, 5.41) is 0.452. The van der Waals surface area contributed by atoms with E-state index in [1.54, 1.807) is 0 Å². The number of halogens is 2. The van der Waals surface area contributed by atoms with Crippen molar-refractivity contribution >= 4 is 26.7 Å². The molecule has 1 aliphatic heterocycles. The van der Waals surface area contributed by atoms with Gasteiger partial charge in [-0.15, -0.1) is 0 Å². The first-order valence-electron chi connectivity index (χ1n) is 7.63. The number of nitrogens with one attached hydrogen (secondary N) is 1. The molecule has 9 heteroatoms. The van der Waals surface area contributed by atoms with Gasteiger partial charge in [-0.3, -0.25) is 0 Å². The predicted molar refractivity (Wildman–Crippen MR) is 87.2 cm³/mol. The summed E-state index contributed by atoms with van der Waals surface area (Å²) in [5.41, 5.74) is 0.343. The molecule has 1 unspecified atom stereocenters. The number of anilines is 1. The third-order valence-corrected chi connectivity index (χ3v) is 4.80. The minimum atomic E-state index is -3.24. The molecule has 1 saturated heterocycles. The normalized spacial score (nSPS) is 19.0. The third kappa shape index (κ3) is 3.78. The van der Waals surface area contributed by atoms with Crippen molar-refractivity contribution in [3.8, 4) is 0 Å². The maximum atomic E-state index is 13.6. The van der Waals surface area contributed by atoms with E-state index in [1.807, 2.05) is 4.90 Å². The lowest BCUT2D eigenvalue weighted by atomic mass is 9.98. The van der Waals surface area contributed by atoms with Gasteiger partial charge in [-0.1, -0.05) is 0 Å². The maximum absolute atomic E-state index is 13.6. The zero-order valence-electron chi connectivity index (χ0n) is 13.2. The Labute approximate surface area is 139 Å². The number of sulfonamides is 1. The summed E-state index contributed by atoms with van der Waals surface area (Å²) in [7, 11) is -3.24. The van der Waals surface area contributed by atoms with E-state index in [4.69, 9.17) is 0 Å². The van der Waals surface area contributed by atoms with Crippen LogP contribution >= 0.6 is 0 Å². The van der Waals surface area contributed by atoms with E-state index in [0.717, 1.165) is 37.8 Å². The second-order valence-electron chi connectivity index (χ2n) is 6.06. The molecule has 0 spiro atoms. The van der Waals surface area contributed by atoms with Gasteiger partial charge in [0.25, 0.3) is 0 Å². The topological polar surface area (TPSA) is 75.2 Å². The number of aromatic nitrogens is 2. The molecule has 0 radical (unpaired) electrons. The highest BCUT2D eigenvalue weighted by Gasteiger charge is 2.23. The van der Waals surface area contributed by atoms with Gasteiger partial charge in [-0.05, 0) is 24.8 Å². The minimum Gasteiger partial charge on any atom is -0.356 e. The molecule has 1 atom stereocenters. The van der Waals surface area contributed by atoms with Gasteiger partial charge in [-0.25, -0.2) is 31.9 Å². The second-order valence-corrected chi connectivity index (χ2v) is 7.89. The first kappa shape index (κ1) is 17.0. The van der Waals surface area contributed by atoms with Crippen LogP contribution in [0, 0.1) is 17.6 Å². The minimum absolute atomic E-state index is 0.129. The van der Waals surface area contributed by atoms with Crippen LogP contribution in [-0.4, -0.2) is 44.3 Å². The van der Waals surface area contributed by atoms with Crippen LogP contribution in [0.5, 0.6) is 0 Å². The Morgan fingerprint density at radius 3 is 2.79 bits per heavy atom. The molecular formula is C15H18F2N4O2S. The maximum Gasteiger partial charge on any atom is 0.208 e. The number of hydrogen-bond donors (Lipinski definition) is 1. The van der Waals surface area contributed by atoms with Crippen LogP contribution in [-0.2, 0) is 10.0 Å². The van der Waals surface area contributed by atoms with Gasteiger partial charge in [0.05, 0.1) is 11.8 Å². The quantitative estimate of drug-likeness (QED) is 0.902. The van der Waals surface area contributed by atoms with Crippen LogP contribution in [0.3, 0.4) is 0 Å². The Balaban J connectivity index is 1.86. The zero-order chi connectivity index (χ0) is 17.3. The predicted octanol–water partition coefficient (Wildman–Crippen LogP) is 1.67. The smallest absolute Gasteiger partial charge is 0.208 e. The van der Waals surface area contributed by atoms with Gasteiger partial charge in [0.15, 0.2) is 11.6 Å². The molecule has 24 heavy (non-hydrogen) atoms. The average Bonchev–Trinajstić information content (AvgIpc) is 2.53. The highest BCUT2D eigenvalue weighted by atomic mass is 32.2. The van der Waals surface area contributed by atoms with E-state index in [-0.39, 0.29) is 5.92 Å². The van der Waals surface area contributed by atoms with Gasteiger partial charge in [0.2, 0.25) is 10.0 Å². The van der Waals surface area contributed by atoms with Crippen LogP contribution in [0.1, 0.15) is 12.8 Å². The van der Waals surface area contributed by atoms with Crippen molar-refractivity contribution in [3.63, 3.8) is 0 Å². The summed E-state index contributed by atoms with van der Waals surface area (Å²) < 4.78 is 52.0. The third-order valence-electron chi connectivity index (χ3n) is 4.11. The number of hydrogen-bond acceptors (Lipinski definition) is 5. The zero-order valence-corrected chi connectivity index (χ0v) is 14.0. The van der Waals surface area contributed by atoms with Crippen LogP contribution < -0.4 is 9.62 Å². The van der Waals surface area contributed by atoms with E-state index in [2.05, 4.69) is 14.7 Å². The molecule has 1 fully saturated rings. The van der Waals surface area contributed by atoms with Gasteiger partial charge < -0.3 is 4.90 Å². The van der Waals surface area contributed by atoms with Crippen molar-refractivity contribution < 1.29 is 17.2 Å². The lowest BCUT2D eigenvalue weighted by Crippen LogP contribution is -2.41. The molecule has 3 rings (SSSR count). The SMILES string of the molecule is CS(=O)(=O)NCC1CCCN(c2ncnc3cc(F)c(F)cc23)C1. The van der Waals surface area contributed by atoms with Gasteiger partial charge in [-0.2, -0.15) is 0 Å². The first-order chi connectivity index (χ1) is 11.3. The Morgan fingerprint density at radius 1 is 1.29 bits per heavy atom. The first-order valence-corrected chi connectivity index (χ1v) is 9.52. The van der Waals surface area contributed by atoms with Crippen LogP contribution in [0.2, 0.25) is 0 Å². The second kappa shape index (κ2) is 6.56. The van der Waals surface area contributed by atoms with Crippen molar-refractivity contribution in [2.24, 2.45) is 5.92 Å². The number of rotatable bonds is 4. The Morgan fingerprint density at radius 2 is 2.04 bits per heavy atom. The molecule has 0 amide bonds. The van der Waals surface area contributed by atoms with Gasteiger partial charge >= 0.3 is 0 Å². The highest BCUT2D eigenvalue weighted by Crippen LogP contribution is 2.28. The van der Waals surface area contributed by atoms with Crippen LogP contribution in [0.4, 0.5) is 14.6 Å². The Kier molecular flexibility index (Phi) is 4.64. The Bertz CT molecular complexity index is 860. The van der Waals surface area contributed by atoms with E-state index in [9.17, 15) is 17.2 Å². The largest absolute Gasteiger partial charge is 0.356 e. The van der Waals surface area contributed by atoms with E-state index >= 15 is 0 Å². The van der Waals surface area contributed by atoms with Crippen molar-refractivity contribution in [1.82, 2.24) is 14.7 Å².